The summed E-state index contributed by atoms with van der Waals surface area (Å²) in [6, 6.07) is 47.3. The molecule has 2 amide bonds. The molecule has 0 atom stereocenters. The van der Waals surface area contributed by atoms with E-state index < -0.39 is 11.8 Å². The smallest absolute Gasteiger partial charge is 0.282 e. The molecule has 56 heavy (non-hydrogen) atoms. The molecule has 9 nitrogen and oxygen atoms in total. The van der Waals surface area contributed by atoms with E-state index >= 15 is 0 Å². The summed E-state index contributed by atoms with van der Waals surface area (Å²) in [5, 5.41) is 0. The van der Waals surface area contributed by atoms with Gasteiger partial charge in [-0.2, -0.15) is 0 Å². The van der Waals surface area contributed by atoms with Gasteiger partial charge in [-0.15, -0.1) is 0 Å². The molecule has 0 fully saturated rings. The first-order chi connectivity index (χ1) is 27.4. The van der Waals surface area contributed by atoms with Gasteiger partial charge in [0.1, 0.15) is 34.6 Å². The molecule has 0 radical (unpaired) electrons. The van der Waals surface area contributed by atoms with Gasteiger partial charge in [0, 0.05) is 33.4 Å². The number of para-hydroxylation sites is 2. The fourth-order valence-electron chi connectivity index (χ4n) is 6.70. The zero-order valence-corrected chi connectivity index (χ0v) is 30.5. The standard InChI is InChI=1S/C47H34N4O5/c1-55-41-24-14-12-22-34(41)28-37-46(53)50(44(48-37)32-18-8-4-9-19-32)39-27-26-36(43(52)31-16-6-3-7-17-31)30-40(39)51-45(33-20-10-5-11-21-33)49-38(47(51)54)29-35-23-13-15-25-42(35)56-2/h3-30H,1-2H3/b37-28-,38-29-. The van der Waals surface area contributed by atoms with Crippen molar-refractivity contribution in [1.29, 1.82) is 0 Å². The van der Waals surface area contributed by atoms with Crippen molar-refractivity contribution < 1.29 is 23.9 Å². The zero-order valence-electron chi connectivity index (χ0n) is 30.5. The highest BCUT2D eigenvalue weighted by atomic mass is 16.5. The lowest BCUT2D eigenvalue weighted by Gasteiger charge is -2.27. The van der Waals surface area contributed by atoms with Crippen molar-refractivity contribution in [1.82, 2.24) is 0 Å². The number of benzene rings is 6. The van der Waals surface area contributed by atoms with Crippen LogP contribution in [-0.4, -0.2) is 43.5 Å². The molecule has 0 spiro atoms. The van der Waals surface area contributed by atoms with Crippen molar-refractivity contribution in [2.45, 2.75) is 0 Å². The average molecular weight is 735 g/mol. The van der Waals surface area contributed by atoms with E-state index in [1.54, 1.807) is 68.8 Å². The van der Waals surface area contributed by atoms with Crippen LogP contribution in [0, 0.1) is 0 Å². The number of amidine groups is 2. The quantitative estimate of drug-likeness (QED) is 0.104. The Bertz CT molecular complexity index is 2610. The number of rotatable bonds is 10. The fourth-order valence-corrected chi connectivity index (χ4v) is 6.70. The summed E-state index contributed by atoms with van der Waals surface area (Å²) in [6.45, 7) is 0. The van der Waals surface area contributed by atoms with Crippen molar-refractivity contribution in [2.75, 3.05) is 24.0 Å². The van der Waals surface area contributed by atoms with Gasteiger partial charge >= 0.3 is 0 Å². The van der Waals surface area contributed by atoms with Crippen molar-refractivity contribution in [3.8, 4) is 11.5 Å². The lowest BCUT2D eigenvalue weighted by atomic mass is 10.0. The number of carbonyl (C=O) groups is 3. The molecule has 0 saturated carbocycles. The third-order valence-corrected chi connectivity index (χ3v) is 9.40. The molecule has 6 aromatic carbocycles. The maximum Gasteiger partial charge on any atom is 0.282 e. The molecule has 6 aromatic rings. The Balaban J connectivity index is 1.35. The third kappa shape index (κ3) is 6.69. The van der Waals surface area contributed by atoms with E-state index in [1.165, 1.54) is 9.80 Å². The number of aliphatic imine (C=N–C) groups is 2. The summed E-state index contributed by atoms with van der Waals surface area (Å²) in [4.78, 5) is 56.5. The summed E-state index contributed by atoms with van der Waals surface area (Å²) >= 11 is 0. The first-order valence-electron chi connectivity index (χ1n) is 17.9. The molecule has 2 aliphatic rings. The van der Waals surface area contributed by atoms with Crippen LogP contribution in [0.1, 0.15) is 38.2 Å². The predicted octanol–water partition coefficient (Wildman–Crippen LogP) is 8.60. The van der Waals surface area contributed by atoms with E-state index in [4.69, 9.17) is 19.5 Å². The largest absolute Gasteiger partial charge is 0.496 e. The van der Waals surface area contributed by atoms with Crippen LogP contribution >= 0.6 is 0 Å². The maximum atomic E-state index is 14.9. The van der Waals surface area contributed by atoms with Crippen LogP contribution in [0.15, 0.2) is 179 Å². The number of hydrogen-bond acceptors (Lipinski definition) is 7. The SMILES string of the molecule is COc1ccccc1/C=C1\N=C(c2ccccc2)N(c2ccc(C(=O)c3ccccc3)cc2N2C(=O)/C(=C/c3ccccc3OC)N=C2c2ccccc2)C1=O. The minimum absolute atomic E-state index is 0.139. The Morgan fingerprint density at radius 3 is 1.41 bits per heavy atom. The highest BCUT2D eigenvalue weighted by molar-refractivity contribution is 6.38. The number of nitrogens with zero attached hydrogens (tertiary/aromatic N) is 4. The van der Waals surface area contributed by atoms with E-state index in [0.29, 0.717) is 62.2 Å². The third-order valence-electron chi connectivity index (χ3n) is 9.40. The molecule has 8 rings (SSSR count). The average Bonchev–Trinajstić information content (AvgIpc) is 3.76. The molecule has 0 N–H and O–H groups in total. The van der Waals surface area contributed by atoms with E-state index in [9.17, 15) is 14.4 Å². The van der Waals surface area contributed by atoms with Gasteiger partial charge < -0.3 is 9.47 Å². The summed E-state index contributed by atoms with van der Waals surface area (Å²) < 4.78 is 11.2. The van der Waals surface area contributed by atoms with Crippen LogP contribution < -0.4 is 19.3 Å². The highest BCUT2D eigenvalue weighted by Crippen LogP contribution is 2.40. The molecule has 2 aliphatic heterocycles. The van der Waals surface area contributed by atoms with Crippen molar-refractivity contribution >= 4 is 52.8 Å². The number of carbonyl (C=O) groups excluding carboxylic acids is 3. The predicted molar refractivity (Wildman–Crippen MR) is 219 cm³/mol. The summed E-state index contributed by atoms with van der Waals surface area (Å²) in [5.41, 5.74) is 4.30. The molecule has 9 heteroatoms. The van der Waals surface area contributed by atoms with Crippen molar-refractivity contribution in [2.24, 2.45) is 9.98 Å². The van der Waals surface area contributed by atoms with Crippen molar-refractivity contribution in [3.05, 3.63) is 203 Å². The minimum atomic E-state index is -0.463. The van der Waals surface area contributed by atoms with Gasteiger partial charge in [0.05, 0.1) is 25.6 Å². The zero-order chi connectivity index (χ0) is 38.6. The number of anilines is 2. The van der Waals surface area contributed by atoms with Gasteiger partial charge in [0.25, 0.3) is 11.8 Å². The Kier molecular flexibility index (Phi) is 9.71. The topological polar surface area (TPSA) is 101 Å². The molecule has 0 aliphatic carbocycles. The molecule has 272 valence electrons. The van der Waals surface area contributed by atoms with Crippen LogP contribution in [0.4, 0.5) is 11.4 Å². The summed E-state index contributed by atoms with van der Waals surface area (Å²) in [5.74, 6) is 0.649. The summed E-state index contributed by atoms with van der Waals surface area (Å²) in [7, 11) is 3.13. The van der Waals surface area contributed by atoms with Gasteiger partial charge in [-0.05, 0) is 42.5 Å². The lowest BCUT2D eigenvalue weighted by Crippen LogP contribution is -2.38. The monoisotopic (exact) mass is 734 g/mol. The van der Waals surface area contributed by atoms with Gasteiger partial charge in [0.2, 0.25) is 0 Å². The second kappa shape index (κ2) is 15.4. The van der Waals surface area contributed by atoms with Crippen LogP contribution in [0.3, 0.4) is 0 Å². The van der Waals surface area contributed by atoms with E-state index in [1.807, 2.05) is 115 Å². The highest BCUT2D eigenvalue weighted by Gasteiger charge is 2.40. The molecule has 0 saturated heterocycles. The van der Waals surface area contributed by atoms with Gasteiger partial charge in [-0.3, -0.25) is 24.2 Å². The number of amides is 2. The van der Waals surface area contributed by atoms with Gasteiger partial charge in [0.15, 0.2) is 5.78 Å². The van der Waals surface area contributed by atoms with Gasteiger partial charge in [-0.1, -0.05) is 127 Å². The number of methoxy groups -OCH3 is 2. The van der Waals surface area contributed by atoms with E-state index in [0.717, 1.165) is 0 Å². The van der Waals surface area contributed by atoms with Crippen LogP contribution in [-0.2, 0) is 9.59 Å². The Hall–Kier alpha value is -7.65. The number of hydrogen-bond donors (Lipinski definition) is 0. The fraction of sp³-hybridized carbons (Fsp3) is 0.0426. The Labute approximate surface area is 323 Å². The summed E-state index contributed by atoms with van der Waals surface area (Å²) in [6.07, 6.45) is 3.36. The minimum Gasteiger partial charge on any atom is -0.496 e. The molecular formula is C47H34N4O5. The van der Waals surface area contributed by atoms with Crippen molar-refractivity contribution in [3.63, 3.8) is 0 Å². The molecule has 0 bridgehead atoms. The number of ketones is 1. The van der Waals surface area contributed by atoms with Crippen LogP contribution in [0.5, 0.6) is 11.5 Å². The van der Waals surface area contributed by atoms with Crippen LogP contribution in [0.2, 0.25) is 0 Å². The van der Waals surface area contributed by atoms with Crippen LogP contribution in [0.25, 0.3) is 12.2 Å². The Morgan fingerprint density at radius 2 is 0.929 bits per heavy atom. The van der Waals surface area contributed by atoms with E-state index in [2.05, 4.69) is 0 Å². The second-order valence-electron chi connectivity index (χ2n) is 12.8. The lowest BCUT2D eigenvalue weighted by molar-refractivity contribution is -0.114. The Morgan fingerprint density at radius 1 is 0.500 bits per heavy atom. The first-order valence-corrected chi connectivity index (χ1v) is 17.9. The van der Waals surface area contributed by atoms with E-state index in [-0.39, 0.29) is 22.9 Å². The first kappa shape index (κ1) is 35.4. The van der Waals surface area contributed by atoms with Gasteiger partial charge in [-0.25, -0.2) is 9.98 Å². The molecule has 0 unspecified atom stereocenters. The molecule has 2 heterocycles. The second-order valence-corrected chi connectivity index (χ2v) is 12.8. The molecule has 0 aromatic heterocycles. The maximum absolute atomic E-state index is 14.9. The molecular weight excluding hydrogens is 701 g/mol. The number of ether oxygens (including phenoxy) is 2. The normalized spacial score (nSPS) is 15.3.